The molecule has 0 saturated carbocycles. The van der Waals surface area contributed by atoms with Crippen LogP contribution in [0.25, 0.3) is 0 Å². The Morgan fingerprint density at radius 3 is 2.35 bits per heavy atom. The lowest BCUT2D eigenvalue weighted by molar-refractivity contribution is -0.140. The molecule has 1 N–H and O–H groups in total. The fraction of sp³-hybridized carbons (Fsp3) is 0.391. The van der Waals surface area contributed by atoms with Gasteiger partial charge in [-0.1, -0.05) is 42.3 Å². The minimum Gasteiger partial charge on any atom is -0.497 e. The van der Waals surface area contributed by atoms with Gasteiger partial charge in [0.25, 0.3) is 0 Å². The van der Waals surface area contributed by atoms with E-state index in [0.29, 0.717) is 34.3 Å². The number of amides is 2. The van der Waals surface area contributed by atoms with Gasteiger partial charge in [0.05, 0.1) is 29.1 Å². The fourth-order valence-electron chi connectivity index (χ4n) is 3.43. The minimum atomic E-state index is -3.83. The van der Waals surface area contributed by atoms with Crippen molar-refractivity contribution in [1.29, 1.82) is 0 Å². The van der Waals surface area contributed by atoms with Crippen LogP contribution in [-0.2, 0) is 26.2 Å². The van der Waals surface area contributed by atoms with E-state index in [4.69, 9.17) is 27.9 Å². The van der Waals surface area contributed by atoms with Crippen molar-refractivity contribution in [2.75, 3.05) is 30.8 Å². The second kappa shape index (κ2) is 12.3. The van der Waals surface area contributed by atoms with Gasteiger partial charge >= 0.3 is 0 Å². The van der Waals surface area contributed by atoms with Crippen molar-refractivity contribution in [1.82, 2.24) is 10.2 Å². The zero-order chi connectivity index (χ0) is 25.5. The molecule has 2 rings (SSSR count). The Bertz CT molecular complexity index is 1130. The number of hydrogen-bond donors (Lipinski definition) is 1. The third kappa shape index (κ3) is 7.25. The predicted octanol–water partition coefficient (Wildman–Crippen LogP) is 3.71. The molecular weight excluding hydrogens is 501 g/mol. The van der Waals surface area contributed by atoms with Gasteiger partial charge in [0.2, 0.25) is 21.8 Å². The Balaban J connectivity index is 2.46. The summed E-state index contributed by atoms with van der Waals surface area (Å²) in [4.78, 5) is 27.7. The Morgan fingerprint density at radius 2 is 1.79 bits per heavy atom. The highest BCUT2D eigenvalue weighted by atomic mass is 35.5. The molecule has 0 fully saturated rings. The van der Waals surface area contributed by atoms with Crippen LogP contribution in [0.4, 0.5) is 5.69 Å². The largest absolute Gasteiger partial charge is 0.497 e. The molecule has 0 heterocycles. The fourth-order valence-corrected chi connectivity index (χ4v) is 4.59. The summed E-state index contributed by atoms with van der Waals surface area (Å²) in [6.07, 6.45) is 1.35. The van der Waals surface area contributed by atoms with Crippen LogP contribution in [-0.4, -0.2) is 57.6 Å². The van der Waals surface area contributed by atoms with Crippen LogP contribution in [0, 0.1) is 0 Å². The van der Waals surface area contributed by atoms with Crippen molar-refractivity contribution in [2.45, 2.75) is 32.9 Å². The number of ether oxygens (including phenoxy) is 1. The summed E-state index contributed by atoms with van der Waals surface area (Å²) in [6, 6.07) is 10.5. The number of nitrogens with zero attached hydrogens (tertiary/aromatic N) is 2. The first kappa shape index (κ1) is 27.8. The third-order valence-corrected chi connectivity index (χ3v) is 6.97. The first-order valence-electron chi connectivity index (χ1n) is 10.6. The van der Waals surface area contributed by atoms with Gasteiger partial charge in [-0.25, -0.2) is 8.42 Å². The van der Waals surface area contributed by atoms with Gasteiger partial charge in [-0.15, -0.1) is 0 Å². The number of benzene rings is 2. The van der Waals surface area contributed by atoms with Gasteiger partial charge in [0.15, 0.2) is 0 Å². The van der Waals surface area contributed by atoms with Gasteiger partial charge in [0, 0.05) is 19.2 Å². The molecule has 186 valence electrons. The molecule has 2 aromatic carbocycles. The zero-order valence-corrected chi connectivity index (χ0v) is 21.9. The molecule has 0 saturated heterocycles. The molecule has 1 atom stereocenters. The van der Waals surface area contributed by atoms with Crippen LogP contribution in [0.3, 0.4) is 0 Å². The highest BCUT2D eigenvalue weighted by Gasteiger charge is 2.31. The molecule has 34 heavy (non-hydrogen) atoms. The lowest BCUT2D eigenvalue weighted by Gasteiger charge is -2.33. The average Bonchev–Trinajstić information content (AvgIpc) is 2.79. The van der Waals surface area contributed by atoms with Crippen molar-refractivity contribution in [2.24, 2.45) is 0 Å². The molecule has 0 aromatic heterocycles. The van der Waals surface area contributed by atoms with Gasteiger partial charge in [-0.05, 0) is 43.2 Å². The number of anilines is 1. The number of rotatable bonds is 11. The van der Waals surface area contributed by atoms with Crippen LogP contribution in [0.5, 0.6) is 5.75 Å². The second-order valence-electron chi connectivity index (χ2n) is 7.56. The third-order valence-electron chi connectivity index (χ3n) is 5.09. The summed E-state index contributed by atoms with van der Waals surface area (Å²) in [6.45, 7) is 3.50. The SMILES string of the molecule is CCNC(=O)C(CC)N(Cc1ccc(Cl)c(Cl)c1)C(=O)CN(c1cccc(OC)c1)S(C)(=O)=O. The van der Waals surface area contributed by atoms with Crippen LogP contribution < -0.4 is 14.4 Å². The standard InChI is InChI=1S/C23H29Cl2N3O5S/c1-5-21(23(30)26-6-2)27(14-16-10-11-19(24)20(25)12-16)22(29)15-28(34(4,31)32)17-8-7-9-18(13-17)33-3/h7-13,21H,5-6,14-15H2,1-4H3,(H,26,30). The summed E-state index contributed by atoms with van der Waals surface area (Å²) in [5.74, 6) is -0.428. The maximum absolute atomic E-state index is 13.5. The first-order valence-corrected chi connectivity index (χ1v) is 13.2. The maximum atomic E-state index is 13.5. The Kier molecular flexibility index (Phi) is 10.0. The number of sulfonamides is 1. The maximum Gasteiger partial charge on any atom is 0.244 e. The van der Waals surface area contributed by atoms with Crippen molar-refractivity contribution >= 4 is 50.7 Å². The lowest BCUT2D eigenvalue weighted by Crippen LogP contribution is -2.52. The molecule has 11 heteroatoms. The molecule has 1 unspecified atom stereocenters. The van der Waals surface area contributed by atoms with Gasteiger partial charge in [-0.3, -0.25) is 13.9 Å². The second-order valence-corrected chi connectivity index (χ2v) is 10.3. The molecule has 2 aromatic rings. The molecule has 0 spiro atoms. The first-order chi connectivity index (χ1) is 16.0. The van der Waals surface area contributed by atoms with Crippen molar-refractivity contribution in [3.05, 3.63) is 58.1 Å². The van der Waals surface area contributed by atoms with Crippen LogP contribution in [0.2, 0.25) is 10.0 Å². The number of halogens is 2. The zero-order valence-electron chi connectivity index (χ0n) is 19.5. The number of nitrogens with one attached hydrogen (secondary N) is 1. The molecular formula is C23H29Cl2N3O5S. The molecule has 2 amide bonds. The van der Waals surface area contributed by atoms with Gasteiger partial charge < -0.3 is 15.0 Å². The highest BCUT2D eigenvalue weighted by Crippen LogP contribution is 2.26. The number of methoxy groups -OCH3 is 1. The van der Waals surface area contributed by atoms with Crippen LogP contribution in [0.1, 0.15) is 25.8 Å². The summed E-state index contributed by atoms with van der Waals surface area (Å²) in [7, 11) is -2.36. The highest BCUT2D eigenvalue weighted by molar-refractivity contribution is 7.92. The van der Waals surface area contributed by atoms with E-state index in [1.54, 1.807) is 50.2 Å². The number of carbonyl (C=O) groups excluding carboxylic acids is 2. The van der Waals surface area contributed by atoms with E-state index in [2.05, 4.69) is 5.32 Å². The summed E-state index contributed by atoms with van der Waals surface area (Å²) in [5.41, 5.74) is 0.925. The minimum absolute atomic E-state index is 0.0427. The van der Waals surface area contributed by atoms with Gasteiger partial charge in [-0.2, -0.15) is 0 Å². The topological polar surface area (TPSA) is 96.0 Å². The van der Waals surface area contributed by atoms with Crippen molar-refractivity contribution in [3.8, 4) is 5.75 Å². The Labute approximate surface area is 210 Å². The quantitative estimate of drug-likeness (QED) is 0.478. The lowest BCUT2D eigenvalue weighted by atomic mass is 10.1. The predicted molar refractivity (Wildman–Crippen MR) is 135 cm³/mol. The molecule has 8 nitrogen and oxygen atoms in total. The van der Waals surface area contributed by atoms with E-state index in [1.165, 1.54) is 18.1 Å². The average molecular weight is 530 g/mol. The summed E-state index contributed by atoms with van der Waals surface area (Å²) < 4.78 is 31.4. The summed E-state index contributed by atoms with van der Waals surface area (Å²) >= 11 is 12.2. The van der Waals surface area contributed by atoms with E-state index in [0.717, 1.165) is 10.6 Å². The van der Waals surface area contributed by atoms with Crippen molar-refractivity contribution in [3.63, 3.8) is 0 Å². The number of hydrogen-bond acceptors (Lipinski definition) is 5. The van der Waals surface area contributed by atoms with E-state index >= 15 is 0 Å². The van der Waals surface area contributed by atoms with Gasteiger partial charge in [0.1, 0.15) is 18.3 Å². The molecule has 0 aliphatic heterocycles. The van der Waals surface area contributed by atoms with Crippen LogP contribution >= 0.6 is 23.2 Å². The normalized spacial score (nSPS) is 12.1. The molecule has 0 aliphatic rings. The summed E-state index contributed by atoms with van der Waals surface area (Å²) in [5, 5.41) is 3.41. The molecule has 0 radical (unpaired) electrons. The van der Waals surface area contributed by atoms with E-state index in [9.17, 15) is 18.0 Å². The Morgan fingerprint density at radius 1 is 1.09 bits per heavy atom. The molecule has 0 bridgehead atoms. The number of likely N-dealkylation sites (N-methyl/N-ethyl adjacent to an activating group) is 1. The molecule has 0 aliphatic carbocycles. The monoisotopic (exact) mass is 529 g/mol. The Hall–Kier alpha value is -2.49. The van der Waals surface area contributed by atoms with E-state index < -0.39 is 28.5 Å². The van der Waals surface area contributed by atoms with Crippen molar-refractivity contribution < 1.29 is 22.7 Å². The smallest absolute Gasteiger partial charge is 0.244 e. The number of carbonyl (C=O) groups is 2. The van der Waals surface area contributed by atoms with Crippen LogP contribution in [0.15, 0.2) is 42.5 Å². The van der Waals surface area contributed by atoms with E-state index in [1.807, 2.05) is 0 Å². The van der Waals surface area contributed by atoms with E-state index in [-0.39, 0.29) is 18.1 Å².